The summed E-state index contributed by atoms with van der Waals surface area (Å²) in [7, 11) is 3.82. The van der Waals surface area contributed by atoms with Crippen molar-refractivity contribution in [3.8, 4) is 0 Å². The number of hydrogen-bond donors (Lipinski definition) is 1. The van der Waals surface area contributed by atoms with E-state index in [1.807, 2.05) is 25.0 Å². The van der Waals surface area contributed by atoms with Gasteiger partial charge in [-0.1, -0.05) is 13.3 Å². The van der Waals surface area contributed by atoms with Gasteiger partial charge in [0.25, 0.3) is 0 Å². The highest BCUT2D eigenvalue weighted by molar-refractivity contribution is 5.86. The average molecular weight is 288 g/mol. The third kappa shape index (κ3) is 2.85. The van der Waals surface area contributed by atoms with Crippen LogP contribution in [0.1, 0.15) is 32.0 Å². The van der Waals surface area contributed by atoms with Crippen LogP contribution >= 0.6 is 0 Å². The molecule has 114 valence electrons. The van der Waals surface area contributed by atoms with E-state index in [0.29, 0.717) is 0 Å². The van der Waals surface area contributed by atoms with Gasteiger partial charge in [-0.2, -0.15) is 5.10 Å². The van der Waals surface area contributed by atoms with Crippen molar-refractivity contribution in [1.82, 2.24) is 24.6 Å². The summed E-state index contributed by atoms with van der Waals surface area (Å²) in [5.74, 6) is 2.64. The van der Waals surface area contributed by atoms with Crippen molar-refractivity contribution in [3.05, 3.63) is 12.0 Å². The van der Waals surface area contributed by atoms with Crippen LogP contribution in [0.4, 0.5) is 5.82 Å². The van der Waals surface area contributed by atoms with Crippen molar-refractivity contribution in [1.29, 1.82) is 0 Å². The lowest BCUT2D eigenvalue weighted by molar-refractivity contribution is 0.171. The molecule has 0 spiro atoms. The van der Waals surface area contributed by atoms with E-state index in [1.54, 1.807) is 0 Å². The molecule has 6 nitrogen and oxygen atoms in total. The Balaban J connectivity index is 1.79. The van der Waals surface area contributed by atoms with Crippen LogP contribution in [0.3, 0.4) is 0 Å². The number of nitrogens with zero attached hydrogens (tertiary/aromatic N) is 5. The number of hydrogen-bond acceptors (Lipinski definition) is 5. The standard InChI is InChI=1S/C15H24N6/c1-4-11-5-7-21(8-6-11)10-13-18-14(16-2)12-9-17-20(3)15(12)19-13/h9,11H,4-8,10H2,1-3H3,(H,16,18,19). The summed E-state index contributed by atoms with van der Waals surface area (Å²) in [6.07, 6.45) is 5.71. The maximum absolute atomic E-state index is 4.68. The van der Waals surface area contributed by atoms with E-state index in [9.17, 15) is 0 Å². The van der Waals surface area contributed by atoms with Gasteiger partial charge in [-0.05, 0) is 31.8 Å². The molecule has 0 unspecified atom stereocenters. The fraction of sp³-hybridized carbons (Fsp3) is 0.667. The minimum absolute atomic E-state index is 0.826. The molecule has 3 rings (SSSR count). The van der Waals surface area contributed by atoms with Gasteiger partial charge in [-0.15, -0.1) is 0 Å². The second kappa shape index (κ2) is 5.97. The van der Waals surface area contributed by atoms with Gasteiger partial charge in [0, 0.05) is 14.1 Å². The van der Waals surface area contributed by atoms with Gasteiger partial charge < -0.3 is 5.32 Å². The molecule has 1 aliphatic heterocycles. The number of anilines is 1. The minimum Gasteiger partial charge on any atom is -0.372 e. The summed E-state index contributed by atoms with van der Waals surface area (Å²) in [4.78, 5) is 11.8. The molecular weight excluding hydrogens is 264 g/mol. The molecule has 1 fully saturated rings. The first-order valence-electron chi connectivity index (χ1n) is 7.80. The Morgan fingerprint density at radius 3 is 2.71 bits per heavy atom. The number of likely N-dealkylation sites (tertiary alicyclic amines) is 1. The second-order valence-corrected chi connectivity index (χ2v) is 5.87. The van der Waals surface area contributed by atoms with Crippen LogP contribution in [0, 0.1) is 5.92 Å². The molecule has 3 heterocycles. The molecular formula is C15H24N6. The Hall–Kier alpha value is -1.69. The maximum Gasteiger partial charge on any atom is 0.163 e. The summed E-state index contributed by atoms with van der Waals surface area (Å²) < 4.78 is 1.81. The lowest BCUT2D eigenvalue weighted by atomic mass is 9.94. The lowest BCUT2D eigenvalue weighted by Gasteiger charge is -2.30. The molecule has 21 heavy (non-hydrogen) atoms. The molecule has 1 saturated heterocycles. The van der Waals surface area contributed by atoms with Gasteiger partial charge in [-0.25, -0.2) is 9.97 Å². The van der Waals surface area contributed by atoms with Crippen LogP contribution in [-0.2, 0) is 13.6 Å². The SMILES string of the molecule is CCC1CCN(Cc2nc(NC)c3cnn(C)c3n2)CC1. The van der Waals surface area contributed by atoms with Crippen LogP contribution in [0.5, 0.6) is 0 Å². The summed E-state index contributed by atoms with van der Waals surface area (Å²) in [5.41, 5.74) is 0.896. The van der Waals surface area contributed by atoms with Gasteiger partial charge in [0.05, 0.1) is 18.1 Å². The number of fused-ring (bicyclic) bond motifs is 1. The largest absolute Gasteiger partial charge is 0.372 e. The number of aryl methyl sites for hydroxylation is 1. The third-order valence-corrected chi connectivity index (χ3v) is 4.52. The van der Waals surface area contributed by atoms with E-state index in [2.05, 4.69) is 32.2 Å². The normalized spacial score (nSPS) is 17.5. The Morgan fingerprint density at radius 2 is 2.05 bits per heavy atom. The van der Waals surface area contributed by atoms with E-state index >= 15 is 0 Å². The zero-order valence-electron chi connectivity index (χ0n) is 13.1. The van der Waals surface area contributed by atoms with E-state index in [-0.39, 0.29) is 0 Å². The summed E-state index contributed by atoms with van der Waals surface area (Å²) in [6.45, 7) is 5.42. The van der Waals surface area contributed by atoms with Gasteiger partial charge >= 0.3 is 0 Å². The quantitative estimate of drug-likeness (QED) is 0.933. The zero-order chi connectivity index (χ0) is 14.8. The first-order chi connectivity index (χ1) is 10.2. The second-order valence-electron chi connectivity index (χ2n) is 5.87. The van der Waals surface area contributed by atoms with Crippen LogP contribution in [-0.4, -0.2) is 44.8 Å². The first kappa shape index (κ1) is 14.3. The molecule has 1 aliphatic rings. The lowest BCUT2D eigenvalue weighted by Crippen LogP contribution is -2.33. The molecule has 0 atom stereocenters. The number of rotatable bonds is 4. The summed E-state index contributed by atoms with van der Waals surface area (Å²) >= 11 is 0. The zero-order valence-corrected chi connectivity index (χ0v) is 13.1. The Bertz CT molecular complexity index is 612. The van der Waals surface area contributed by atoms with Gasteiger partial charge in [0.1, 0.15) is 11.6 Å². The van der Waals surface area contributed by atoms with Gasteiger partial charge in [0.2, 0.25) is 0 Å². The number of piperidine rings is 1. The monoisotopic (exact) mass is 288 g/mol. The molecule has 0 aromatic carbocycles. The Kier molecular flexibility index (Phi) is 4.05. The van der Waals surface area contributed by atoms with E-state index in [4.69, 9.17) is 0 Å². The van der Waals surface area contributed by atoms with Crippen molar-refractivity contribution in [2.45, 2.75) is 32.7 Å². The van der Waals surface area contributed by atoms with E-state index in [1.165, 1.54) is 19.3 Å². The molecule has 0 radical (unpaired) electrons. The van der Waals surface area contributed by atoms with Gasteiger partial charge in [0.15, 0.2) is 5.65 Å². The van der Waals surface area contributed by atoms with Crippen molar-refractivity contribution in [2.75, 3.05) is 25.5 Å². The molecule has 2 aromatic heterocycles. The fourth-order valence-corrected chi connectivity index (χ4v) is 3.08. The molecule has 0 saturated carbocycles. The van der Waals surface area contributed by atoms with Crippen LogP contribution in [0.15, 0.2) is 6.20 Å². The summed E-state index contributed by atoms with van der Waals surface area (Å²) in [6, 6.07) is 0. The van der Waals surface area contributed by atoms with Crippen molar-refractivity contribution < 1.29 is 0 Å². The topological polar surface area (TPSA) is 58.9 Å². The minimum atomic E-state index is 0.826. The highest BCUT2D eigenvalue weighted by Gasteiger charge is 2.19. The maximum atomic E-state index is 4.68. The molecule has 0 aliphatic carbocycles. The average Bonchev–Trinajstić information content (AvgIpc) is 2.89. The van der Waals surface area contributed by atoms with Crippen LogP contribution < -0.4 is 5.32 Å². The molecule has 6 heteroatoms. The molecule has 1 N–H and O–H groups in total. The smallest absolute Gasteiger partial charge is 0.163 e. The fourth-order valence-electron chi connectivity index (χ4n) is 3.08. The van der Waals surface area contributed by atoms with E-state index < -0.39 is 0 Å². The number of aromatic nitrogens is 4. The van der Waals surface area contributed by atoms with Crippen LogP contribution in [0.2, 0.25) is 0 Å². The Labute approximate surface area is 125 Å². The molecule has 2 aromatic rings. The van der Waals surface area contributed by atoms with Crippen molar-refractivity contribution in [3.63, 3.8) is 0 Å². The van der Waals surface area contributed by atoms with Crippen molar-refractivity contribution >= 4 is 16.9 Å². The van der Waals surface area contributed by atoms with E-state index in [0.717, 1.165) is 48.2 Å². The van der Waals surface area contributed by atoms with Crippen molar-refractivity contribution in [2.24, 2.45) is 13.0 Å². The predicted octanol–water partition coefficient (Wildman–Crippen LogP) is 2.03. The highest BCUT2D eigenvalue weighted by Crippen LogP contribution is 2.23. The predicted molar refractivity (Wildman–Crippen MR) is 84.1 cm³/mol. The van der Waals surface area contributed by atoms with Gasteiger partial charge in [-0.3, -0.25) is 9.58 Å². The van der Waals surface area contributed by atoms with Crippen LogP contribution in [0.25, 0.3) is 11.0 Å². The summed E-state index contributed by atoms with van der Waals surface area (Å²) in [5, 5.41) is 8.41. The molecule has 0 amide bonds. The number of nitrogens with one attached hydrogen (secondary N) is 1. The Morgan fingerprint density at radius 1 is 1.29 bits per heavy atom. The third-order valence-electron chi connectivity index (χ3n) is 4.52. The molecule has 0 bridgehead atoms. The first-order valence-corrected chi connectivity index (χ1v) is 7.80. The highest BCUT2D eigenvalue weighted by atomic mass is 15.3.